The molecule has 72 valence electrons. The van der Waals surface area contributed by atoms with Gasteiger partial charge < -0.3 is 0 Å². The molecule has 0 saturated heterocycles. The predicted octanol–water partition coefficient (Wildman–Crippen LogP) is 4.12. The third-order valence-corrected chi connectivity index (χ3v) is 2.96. The van der Waals surface area contributed by atoms with E-state index in [1.807, 2.05) is 18.4 Å². The Morgan fingerprint density at radius 2 is 2.14 bits per heavy atom. The number of halogens is 1. The molecule has 0 unspecified atom stereocenters. The predicted molar refractivity (Wildman–Crippen MR) is 59.1 cm³/mol. The lowest BCUT2D eigenvalue weighted by molar-refractivity contribution is 0.626. The van der Waals surface area contributed by atoms with E-state index in [-0.39, 0.29) is 5.82 Å². The van der Waals surface area contributed by atoms with Gasteiger partial charge >= 0.3 is 0 Å². The molecular formula is C12H11FS. The number of benzene rings is 1. The number of hydrogen-bond acceptors (Lipinski definition) is 1. The van der Waals surface area contributed by atoms with Gasteiger partial charge in [-0.25, -0.2) is 4.39 Å². The molecule has 0 amide bonds. The maximum Gasteiger partial charge on any atom is 0.123 e. The molecule has 0 N–H and O–H groups in total. The van der Waals surface area contributed by atoms with Crippen molar-refractivity contribution in [2.24, 2.45) is 0 Å². The van der Waals surface area contributed by atoms with Crippen LogP contribution in [0.25, 0.3) is 11.1 Å². The van der Waals surface area contributed by atoms with Crippen LogP contribution in [-0.4, -0.2) is 0 Å². The second-order valence-electron chi connectivity index (χ2n) is 3.17. The molecule has 0 aliphatic rings. The molecule has 1 heterocycles. The zero-order valence-electron chi connectivity index (χ0n) is 7.96. The van der Waals surface area contributed by atoms with Gasteiger partial charge in [-0.05, 0) is 52.1 Å². The maximum atomic E-state index is 13.0. The fourth-order valence-electron chi connectivity index (χ4n) is 1.55. The minimum Gasteiger partial charge on any atom is -0.207 e. The van der Waals surface area contributed by atoms with Gasteiger partial charge in [0.2, 0.25) is 0 Å². The number of rotatable bonds is 2. The highest BCUT2D eigenvalue weighted by molar-refractivity contribution is 7.08. The SMILES string of the molecule is CCc1cc(F)ccc1-c1ccsc1. The van der Waals surface area contributed by atoms with E-state index < -0.39 is 0 Å². The van der Waals surface area contributed by atoms with Gasteiger partial charge in [0.1, 0.15) is 5.82 Å². The van der Waals surface area contributed by atoms with Gasteiger partial charge in [-0.15, -0.1) is 0 Å². The van der Waals surface area contributed by atoms with Crippen molar-refractivity contribution in [2.75, 3.05) is 0 Å². The molecule has 0 aliphatic carbocycles. The summed E-state index contributed by atoms with van der Waals surface area (Å²) in [6, 6.07) is 7.06. The van der Waals surface area contributed by atoms with Gasteiger partial charge in [0, 0.05) is 0 Å². The van der Waals surface area contributed by atoms with Crippen LogP contribution in [0.3, 0.4) is 0 Å². The lowest BCUT2D eigenvalue weighted by atomic mass is 10.0. The third kappa shape index (κ3) is 1.70. The zero-order chi connectivity index (χ0) is 9.97. The van der Waals surface area contributed by atoms with E-state index in [9.17, 15) is 4.39 Å². The van der Waals surface area contributed by atoms with Crippen LogP contribution >= 0.6 is 11.3 Å². The Morgan fingerprint density at radius 3 is 2.79 bits per heavy atom. The van der Waals surface area contributed by atoms with Crippen LogP contribution < -0.4 is 0 Å². The number of thiophene rings is 1. The summed E-state index contributed by atoms with van der Waals surface area (Å²) in [7, 11) is 0. The molecule has 0 nitrogen and oxygen atoms in total. The second kappa shape index (κ2) is 3.93. The van der Waals surface area contributed by atoms with E-state index in [1.54, 1.807) is 17.4 Å². The molecule has 0 fully saturated rings. The molecule has 0 spiro atoms. The molecule has 0 radical (unpaired) electrons. The Hall–Kier alpha value is -1.15. The van der Waals surface area contributed by atoms with Crippen LogP contribution in [0, 0.1) is 5.82 Å². The Morgan fingerprint density at radius 1 is 1.29 bits per heavy atom. The molecule has 0 bridgehead atoms. The first kappa shape index (κ1) is 9.41. The molecule has 14 heavy (non-hydrogen) atoms. The summed E-state index contributed by atoms with van der Waals surface area (Å²) in [6.07, 6.45) is 0.864. The van der Waals surface area contributed by atoms with E-state index in [4.69, 9.17) is 0 Å². The Labute approximate surface area is 87.0 Å². The first-order valence-electron chi connectivity index (χ1n) is 4.62. The smallest absolute Gasteiger partial charge is 0.123 e. The van der Waals surface area contributed by atoms with E-state index in [0.29, 0.717) is 0 Å². The van der Waals surface area contributed by atoms with Crippen LogP contribution in [-0.2, 0) is 6.42 Å². The summed E-state index contributed by atoms with van der Waals surface area (Å²) in [5.74, 6) is -0.152. The minimum atomic E-state index is -0.152. The van der Waals surface area contributed by atoms with Crippen LogP contribution in [0.5, 0.6) is 0 Å². The molecule has 2 heteroatoms. The largest absolute Gasteiger partial charge is 0.207 e. The highest BCUT2D eigenvalue weighted by Gasteiger charge is 2.04. The van der Waals surface area contributed by atoms with Gasteiger partial charge in [0.15, 0.2) is 0 Å². The van der Waals surface area contributed by atoms with Gasteiger partial charge in [-0.3, -0.25) is 0 Å². The molecule has 2 rings (SSSR count). The zero-order valence-corrected chi connectivity index (χ0v) is 8.77. The van der Waals surface area contributed by atoms with Crippen molar-refractivity contribution in [1.29, 1.82) is 0 Å². The monoisotopic (exact) mass is 206 g/mol. The van der Waals surface area contributed by atoms with Crippen molar-refractivity contribution in [3.63, 3.8) is 0 Å². The first-order chi connectivity index (χ1) is 6.81. The summed E-state index contributed by atoms with van der Waals surface area (Å²) in [4.78, 5) is 0. The van der Waals surface area contributed by atoms with Crippen molar-refractivity contribution in [1.82, 2.24) is 0 Å². The van der Waals surface area contributed by atoms with Crippen molar-refractivity contribution in [2.45, 2.75) is 13.3 Å². The van der Waals surface area contributed by atoms with Crippen LogP contribution in [0.2, 0.25) is 0 Å². The third-order valence-electron chi connectivity index (χ3n) is 2.28. The summed E-state index contributed by atoms with van der Waals surface area (Å²) in [6.45, 7) is 2.05. The van der Waals surface area contributed by atoms with Crippen molar-refractivity contribution in [3.8, 4) is 11.1 Å². The van der Waals surface area contributed by atoms with Crippen molar-refractivity contribution >= 4 is 11.3 Å². The summed E-state index contributed by atoms with van der Waals surface area (Å²) in [5.41, 5.74) is 3.41. The van der Waals surface area contributed by atoms with Crippen molar-refractivity contribution in [3.05, 3.63) is 46.4 Å². The lowest BCUT2D eigenvalue weighted by Crippen LogP contribution is -1.87. The number of hydrogen-bond donors (Lipinski definition) is 0. The maximum absolute atomic E-state index is 13.0. The van der Waals surface area contributed by atoms with Gasteiger partial charge in [0.25, 0.3) is 0 Å². The van der Waals surface area contributed by atoms with Gasteiger partial charge in [-0.2, -0.15) is 11.3 Å². The quantitative estimate of drug-likeness (QED) is 0.693. The average Bonchev–Trinajstić information content (AvgIpc) is 2.70. The van der Waals surface area contributed by atoms with Crippen LogP contribution in [0.4, 0.5) is 4.39 Å². The van der Waals surface area contributed by atoms with Crippen LogP contribution in [0.1, 0.15) is 12.5 Å². The summed E-state index contributed by atoms with van der Waals surface area (Å²) >= 11 is 1.66. The molecule has 0 saturated carbocycles. The Kier molecular flexibility index (Phi) is 2.64. The summed E-state index contributed by atoms with van der Waals surface area (Å²) in [5, 5.41) is 4.13. The normalized spacial score (nSPS) is 10.4. The fraction of sp³-hybridized carbons (Fsp3) is 0.167. The molecular weight excluding hydrogens is 195 g/mol. The second-order valence-corrected chi connectivity index (χ2v) is 3.95. The lowest BCUT2D eigenvalue weighted by Gasteiger charge is -2.05. The van der Waals surface area contributed by atoms with Gasteiger partial charge in [-0.1, -0.05) is 13.0 Å². The summed E-state index contributed by atoms with van der Waals surface area (Å²) < 4.78 is 13.0. The molecule has 0 aliphatic heterocycles. The average molecular weight is 206 g/mol. The minimum absolute atomic E-state index is 0.152. The van der Waals surface area contributed by atoms with E-state index in [1.165, 1.54) is 11.6 Å². The van der Waals surface area contributed by atoms with Gasteiger partial charge in [0.05, 0.1) is 0 Å². The van der Waals surface area contributed by atoms with E-state index in [2.05, 4.69) is 11.4 Å². The Bertz CT molecular complexity index is 418. The highest BCUT2D eigenvalue weighted by atomic mass is 32.1. The van der Waals surface area contributed by atoms with Crippen molar-refractivity contribution < 1.29 is 4.39 Å². The Balaban J connectivity index is 2.53. The van der Waals surface area contributed by atoms with E-state index >= 15 is 0 Å². The number of aryl methyl sites for hydroxylation is 1. The molecule has 1 aromatic carbocycles. The van der Waals surface area contributed by atoms with E-state index in [0.717, 1.165) is 17.5 Å². The van der Waals surface area contributed by atoms with Crippen LogP contribution in [0.15, 0.2) is 35.0 Å². The molecule has 0 atom stereocenters. The molecule has 2 aromatic rings. The fourth-order valence-corrected chi connectivity index (χ4v) is 2.21. The first-order valence-corrected chi connectivity index (χ1v) is 5.56. The standard InChI is InChI=1S/C12H11FS/c1-2-9-7-11(13)3-4-12(9)10-5-6-14-8-10/h3-8H,2H2,1H3. The molecule has 1 aromatic heterocycles. The topological polar surface area (TPSA) is 0 Å². The highest BCUT2D eigenvalue weighted by Crippen LogP contribution is 2.26.